The summed E-state index contributed by atoms with van der Waals surface area (Å²) < 4.78 is 5.68. The maximum Gasteiger partial charge on any atom is 0.119 e. The topological polar surface area (TPSA) is 24.5 Å². The maximum atomic E-state index is 5.68. The first kappa shape index (κ1) is 16.2. The van der Waals surface area contributed by atoms with Crippen LogP contribution in [0.1, 0.15) is 32.3 Å². The van der Waals surface area contributed by atoms with Crippen LogP contribution in [0.4, 0.5) is 0 Å². The third-order valence-electron chi connectivity index (χ3n) is 3.61. The Kier molecular flexibility index (Phi) is 6.46. The number of hydrogen-bond donors (Lipinski definition) is 1. The van der Waals surface area contributed by atoms with Crippen molar-refractivity contribution in [2.45, 2.75) is 26.7 Å². The Balaban J connectivity index is 1.73. The number of hydrogen-bond acceptors (Lipinski definition) is 3. The number of rotatable bonds is 7. The highest BCUT2D eigenvalue weighted by atomic mass is 32.1. The second-order valence-electron chi connectivity index (χ2n) is 6.03. The Morgan fingerprint density at radius 2 is 1.90 bits per heavy atom. The summed E-state index contributed by atoms with van der Waals surface area (Å²) in [6.07, 6.45) is 2.67. The van der Waals surface area contributed by atoms with E-state index >= 15 is 0 Å². The van der Waals surface area contributed by atoms with Crippen molar-refractivity contribution in [2.24, 2.45) is 5.92 Å². The minimum atomic E-state index is 0.540. The highest BCUT2D eigenvalue weighted by Gasteiger charge is 2.10. The fourth-order valence-electron chi connectivity index (χ4n) is 2.40. The lowest BCUT2D eigenvalue weighted by molar-refractivity contribution is 0.271. The van der Waals surface area contributed by atoms with Crippen LogP contribution in [0.2, 0.25) is 0 Å². The smallest absolute Gasteiger partial charge is 0.119 e. The Morgan fingerprint density at radius 1 is 1.24 bits per heavy atom. The van der Waals surface area contributed by atoms with Crippen LogP contribution >= 0.6 is 12.2 Å². The molecule has 3 nitrogen and oxygen atoms in total. The number of nitrogens with zero attached hydrogens (tertiary/aromatic N) is 1. The molecule has 2 rings (SSSR count). The van der Waals surface area contributed by atoms with Crippen molar-refractivity contribution in [3.63, 3.8) is 0 Å². The molecule has 1 fully saturated rings. The second-order valence-corrected chi connectivity index (χ2v) is 6.44. The molecule has 0 atom stereocenters. The van der Waals surface area contributed by atoms with Crippen LogP contribution < -0.4 is 10.1 Å². The molecule has 0 radical (unpaired) electrons. The van der Waals surface area contributed by atoms with Crippen LogP contribution in [-0.4, -0.2) is 42.7 Å². The van der Waals surface area contributed by atoms with Gasteiger partial charge in [-0.1, -0.05) is 26.1 Å². The van der Waals surface area contributed by atoms with Crippen molar-refractivity contribution in [1.29, 1.82) is 0 Å². The summed E-state index contributed by atoms with van der Waals surface area (Å²) >= 11 is 5.44. The van der Waals surface area contributed by atoms with Crippen molar-refractivity contribution in [3.8, 4) is 5.75 Å². The van der Waals surface area contributed by atoms with Gasteiger partial charge in [0, 0.05) is 18.7 Å². The summed E-state index contributed by atoms with van der Waals surface area (Å²) in [5.74, 6) is 1.45. The minimum absolute atomic E-state index is 0.540. The van der Waals surface area contributed by atoms with Gasteiger partial charge in [-0.05, 0) is 56.1 Å². The van der Waals surface area contributed by atoms with Gasteiger partial charge in [0.25, 0.3) is 0 Å². The van der Waals surface area contributed by atoms with E-state index in [1.807, 2.05) is 24.3 Å². The normalized spacial score (nSPS) is 15.4. The first-order valence-electron chi connectivity index (χ1n) is 7.88. The molecule has 1 heterocycles. The van der Waals surface area contributed by atoms with Crippen LogP contribution in [-0.2, 0) is 0 Å². The second kappa shape index (κ2) is 8.35. The molecule has 1 aliphatic rings. The molecule has 1 N–H and O–H groups in total. The van der Waals surface area contributed by atoms with Gasteiger partial charge in [0.05, 0.1) is 6.61 Å². The van der Waals surface area contributed by atoms with Gasteiger partial charge >= 0.3 is 0 Å². The highest BCUT2D eigenvalue weighted by molar-refractivity contribution is 7.80. The van der Waals surface area contributed by atoms with E-state index in [0.29, 0.717) is 5.92 Å². The summed E-state index contributed by atoms with van der Waals surface area (Å²) in [4.78, 5) is 3.31. The average molecular weight is 306 g/mol. The van der Waals surface area contributed by atoms with E-state index in [0.717, 1.165) is 36.0 Å². The molecule has 21 heavy (non-hydrogen) atoms. The van der Waals surface area contributed by atoms with Crippen molar-refractivity contribution < 1.29 is 4.74 Å². The third kappa shape index (κ3) is 5.64. The van der Waals surface area contributed by atoms with Gasteiger partial charge in [0.1, 0.15) is 10.7 Å². The predicted molar refractivity (Wildman–Crippen MR) is 92.2 cm³/mol. The molecule has 0 spiro atoms. The molecule has 0 saturated carbocycles. The lowest BCUT2D eigenvalue weighted by atomic mass is 10.2. The fraction of sp³-hybridized carbons (Fsp3) is 0.588. The van der Waals surface area contributed by atoms with E-state index in [2.05, 4.69) is 24.1 Å². The molecule has 116 valence electrons. The Bertz CT molecular complexity index is 439. The van der Waals surface area contributed by atoms with E-state index in [9.17, 15) is 0 Å². The SMILES string of the molecule is CC(C)COc1ccc(C(=S)NCCN2CCCC2)cc1. The van der Waals surface area contributed by atoms with Crippen LogP contribution in [0.25, 0.3) is 0 Å². The summed E-state index contributed by atoms with van der Waals surface area (Å²) in [6.45, 7) is 9.51. The van der Waals surface area contributed by atoms with Gasteiger partial charge in [-0.3, -0.25) is 0 Å². The van der Waals surface area contributed by atoms with Gasteiger partial charge in [-0.15, -0.1) is 0 Å². The quantitative estimate of drug-likeness (QED) is 0.783. The van der Waals surface area contributed by atoms with E-state index in [1.54, 1.807) is 0 Å². The van der Waals surface area contributed by atoms with E-state index in [4.69, 9.17) is 17.0 Å². The number of nitrogens with one attached hydrogen (secondary N) is 1. The van der Waals surface area contributed by atoms with Gasteiger partial charge in [0.2, 0.25) is 0 Å². The molecule has 1 aliphatic heterocycles. The molecule has 1 saturated heterocycles. The predicted octanol–water partition coefficient (Wildman–Crippen LogP) is 3.08. The van der Waals surface area contributed by atoms with Crippen molar-refractivity contribution >= 4 is 17.2 Å². The zero-order valence-corrected chi connectivity index (χ0v) is 13.9. The first-order valence-corrected chi connectivity index (χ1v) is 8.29. The zero-order valence-electron chi connectivity index (χ0n) is 13.1. The molecular weight excluding hydrogens is 280 g/mol. The Hall–Kier alpha value is -1.13. The average Bonchev–Trinajstić information content (AvgIpc) is 2.99. The van der Waals surface area contributed by atoms with Crippen LogP contribution in [0, 0.1) is 5.92 Å². The molecule has 0 unspecified atom stereocenters. The number of thiocarbonyl (C=S) groups is 1. The number of likely N-dealkylation sites (tertiary alicyclic amines) is 1. The fourth-order valence-corrected chi connectivity index (χ4v) is 2.64. The summed E-state index contributed by atoms with van der Waals surface area (Å²) in [5.41, 5.74) is 1.06. The highest BCUT2D eigenvalue weighted by Crippen LogP contribution is 2.13. The minimum Gasteiger partial charge on any atom is -0.493 e. The van der Waals surface area contributed by atoms with Crippen molar-refractivity contribution in [3.05, 3.63) is 29.8 Å². The molecule has 0 aromatic heterocycles. The molecule has 1 aromatic carbocycles. The Labute approximate surface area is 133 Å². The number of ether oxygens (including phenoxy) is 1. The monoisotopic (exact) mass is 306 g/mol. The molecule has 4 heteroatoms. The van der Waals surface area contributed by atoms with Crippen LogP contribution in [0.5, 0.6) is 5.75 Å². The molecule has 1 aromatic rings. The lowest BCUT2D eigenvalue weighted by Crippen LogP contribution is -2.32. The van der Waals surface area contributed by atoms with Crippen LogP contribution in [0.15, 0.2) is 24.3 Å². The molecule has 0 aliphatic carbocycles. The van der Waals surface area contributed by atoms with E-state index in [-0.39, 0.29) is 0 Å². The van der Waals surface area contributed by atoms with Gasteiger partial charge < -0.3 is 15.0 Å². The third-order valence-corrected chi connectivity index (χ3v) is 3.99. The first-order chi connectivity index (χ1) is 10.1. The van der Waals surface area contributed by atoms with E-state index < -0.39 is 0 Å². The standard InChI is InChI=1S/C17H26N2OS/c1-14(2)13-20-16-7-5-15(6-8-16)17(21)18-9-12-19-10-3-4-11-19/h5-8,14H,3-4,9-13H2,1-2H3,(H,18,21). The Morgan fingerprint density at radius 3 is 2.52 bits per heavy atom. The van der Waals surface area contributed by atoms with Crippen molar-refractivity contribution in [2.75, 3.05) is 32.8 Å². The van der Waals surface area contributed by atoms with Gasteiger partial charge in [-0.25, -0.2) is 0 Å². The van der Waals surface area contributed by atoms with Crippen molar-refractivity contribution in [1.82, 2.24) is 10.2 Å². The molecule has 0 bridgehead atoms. The van der Waals surface area contributed by atoms with Gasteiger partial charge in [-0.2, -0.15) is 0 Å². The zero-order chi connectivity index (χ0) is 15.1. The molecular formula is C17H26N2OS. The van der Waals surface area contributed by atoms with Crippen LogP contribution in [0.3, 0.4) is 0 Å². The maximum absolute atomic E-state index is 5.68. The lowest BCUT2D eigenvalue weighted by Gasteiger charge is -2.16. The van der Waals surface area contributed by atoms with E-state index in [1.165, 1.54) is 25.9 Å². The largest absolute Gasteiger partial charge is 0.493 e. The number of benzene rings is 1. The summed E-state index contributed by atoms with van der Waals surface area (Å²) in [6, 6.07) is 8.04. The summed E-state index contributed by atoms with van der Waals surface area (Å²) in [5, 5.41) is 3.34. The molecule has 0 amide bonds. The summed E-state index contributed by atoms with van der Waals surface area (Å²) in [7, 11) is 0. The van der Waals surface area contributed by atoms with Gasteiger partial charge in [0.15, 0.2) is 0 Å².